The van der Waals surface area contributed by atoms with Gasteiger partial charge < -0.3 is 11.1 Å². The van der Waals surface area contributed by atoms with Crippen LogP contribution in [0.1, 0.15) is 0 Å². The normalized spacial score (nSPS) is 10.7. The highest BCUT2D eigenvalue weighted by Gasteiger charge is 2.05. The number of pyridine rings is 1. The molecule has 0 atom stereocenters. The van der Waals surface area contributed by atoms with Crippen LogP contribution in [0.25, 0.3) is 10.9 Å². The van der Waals surface area contributed by atoms with Crippen LogP contribution in [0.3, 0.4) is 0 Å². The van der Waals surface area contributed by atoms with Crippen molar-refractivity contribution in [3.63, 3.8) is 0 Å². The molecule has 5 nitrogen and oxygen atoms in total. The third-order valence-corrected chi connectivity index (χ3v) is 2.79. The van der Waals surface area contributed by atoms with Gasteiger partial charge in [-0.05, 0) is 12.1 Å². The van der Waals surface area contributed by atoms with Gasteiger partial charge in [0.1, 0.15) is 0 Å². The van der Waals surface area contributed by atoms with Crippen molar-refractivity contribution in [3.05, 3.63) is 42.9 Å². The molecule has 5 heteroatoms. The van der Waals surface area contributed by atoms with Crippen LogP contribution in [-0.4, -0.2) is 14.8 Å². The maximum absolute atomic E-state index is 5.92. The molecule has 18 heavy (non-hydrogen) atoms. The molecule has 0 aliphatic carbocycles. The Labute approximate surface area is 104 Å². The number of aromatic nitrogens is 3. The van der Waals surface area contributed by atoms with Gasteiger partial charge in [0.25, 0.3) is 0 Å². The van der Waals surface area contributed by atoms with Crippen molar-refractivity contribution < 1.29 is 0 Å². The summed E-state index contributed by atoms with van der Waals surface area (Å²) in [4.78, 5) is 4.30. The van der Waals surface area contributed by atoms with E-state index < -0.39 is 0 Å². The van der Waals surface area contributed by atoms with E-state index in [9.17, 15) is 0 Å². The van der Waals surface area contributed by atoms with Crippen molar-refractivity contribution in [2.75, 3.05) is 11.1 Å². The van der Waals surface area contributed by atoms with E-state index >= 15 is 0 Å². The first-order valence-corrected chi connectivity index (χ1v) is 5.63. The minimum absolute atomic E-state index is 0.683. The minimum Gasteiger partial charge on any atom is -0.397 e. The monoisotopic (exact) mass is 239 g/mol. The average molecular weight is 239 g/mol. The predicted octanol–water partition coefficient (Wildman–Crippen LogP) is 2.29. The maximum atomic E-state index is 5.92. The van der Waals surface area contributed by atoms with E-state index in [1.54, 1.807) is 17.1 Å². The zero-order chi connectivity index (χ0) is 12.5. The fourth-order valence-electron chi connectivity index (χ4n) is 1.95. The van der Waals surface area contributed by atoms with Crippen LogP contribution in [-0.2, 0) is 7.05 Å². The molecule has 2 aromatic heterocycles. The third-order valence-electron chi connectivity index (χ3n) is 2.79. The van der Waals surface area contributed by atoms with Crippen molar-refractivity contribution in [2.24, 2.45) is 7.05 Å². The Morgan fingerprint density at radius 2 is 2.17 bits per heavy atom. The topological polar surface area (TPSA) is 68.8 Å². The molecular weight excluding hydrogens is 226 g/mol. The number of benzene rings is 1. The highest BCUT2D eigenvalue weighted by Crippen LogP contribution is 2.27. The Morgan fingerprint density at radius 3 is 2.94 bits per heavy atom. The molecule has 0 aliphatic rings. The van der Waals surface area contributed by atoms with Gasteiger partial charge in [-0.2, -0.15) is 5.10 Å². The van der Waals surface area contributed by atoms with Crippen LogP contribution in [0.15, 0.2) is 42.9 Å². The molecule has 1 aromatic carbocycles. The summed E-state index contributed by atoms with van der Waals surface area (Å²) in [7, 11) is 1.88. The van der Waals surface area contributed by atoms with Gasteiger partial charge in [-0.1, -0.05) is 12.1 Å². The van der Waals surface area contributed by atoms with E-state index in [0.29, 0.717) is 5.69 Å². The van der Waals surface area contributed by atoms with E-state index in [1.165, 1.54) is 0 Å². The summed E-state index contributed by atoms with van der Waals surface area (Å²) < 4.78 is 1.75. The lowest BCUT2D eigenvalue weighted by Crippen LogP contribution is -1.94. The minimum atomic E-state index is 0.683. The summed E-state index contributed by atoms with van der Waals surface area (Å²) in [6.07, 6.45) is 5.44. The van der Waals surface area contributed by atoms with Gasteiger partial charge >= 0.3 is 0 Å². The van der Waals surface area contributed by atoms with Crippen molar-refractivity contribution in [2.45, 2.75) is 0 Å². The SMILES string of the molecule is Cn1cc(Nc2ccnc3c(N)cccc23)cn1. The van der Waals surface area contributed by atoms with Gasteiger partial charge in [0.05, 0.1) is 23.1 Å². The number of hydrogen-bond donors (Lipinski definition) is 2. The third kappa shape index (κ3) is 1.75. The fourth-order valence-corrected chi connectivity index (χ4v) is 1.95. The molecule has 0 amide bonds. The number of anilines is 3. The Bertz CT molecular complexity index is 701. The van der Waals surface area contributed by atoms with Gasteiger partial charge in [-0.15, -0.1) is 0 Å². The first-order valence-electron chi connectivity index (χ1n) is 5.63. The van der Waals surface area contributed by atoms with Gasteiger partial charge in [-0.25, -0.2) is 0 Å². The van der Waals surface area contributed by atoms with E-state index in [2.05, 4.69) is 15.4 Å². The molecule has 0 saturated heterocycles. The lowest BCUT2D eigenvalue weighted by atomic mass is 10.1. The lowest BCUT2D eigenvalue weighted by Gasteiger charge is -2.08. The Hall–Kier alpha value is -2.56. The molecule has 0 aliphatic heterocycles. The van der Waals surface area contributed by atoms with Gasteiger partial charge in [0, 0.05) is 30.5 Å². The molecule has 0 unspecified atom stereocenters. The highest BCUT2D eigenvalue weighted by molar-refractivity contribution is 5.98. The molecule has 0 saturated carbocycles. The van der Waals surface area contributed by atoms with Crippen molar-refractivity contribution in [1.82, 2.24) is 14.8 Å². The number of para-hydroxylation sites is 1. The first kappa shape index (κ1) is 10.6. The number of hydrogen-bond acceptors (Lipinski definition) is 4. The number of nitrogens with zero attached hydrogens (tertiary/aromatic N) is 3. The van der Waals surface area contributed by atoms with Crippen LogP contribution < -0.4 is 11.1 Å². The lowest BCUT2D eigenvalue weighted by molar-refractivity contribution is 0.768. The Morgan fingerprint density at radius 1 is 1.28 bits per heavy atom. The molecule has 2 heterocycles. The van der Waals surface area contributed by atoms with Gasteiger partial charge in [0.2, 0.25) is 0 Å². The summed E-state index contributed by atoms with van der Waals surface area (Å²) in [6, 6.07) is 7.70. The Kier molecular flexibility index (Phi) is 2.37. The van der Waals surface area contributed by atoms with E-state index in [1.807, 2.05) is 37.5 Å². The van der Waals surface area contributed by atoms with Crippen molar-refractivity contribution in [3.8, 4) is 0 Å². The fraction of sp³-hybridized carbons (Fsp3) is 0.0769. The zero-order valence-corrected chi connectivity index (χ0v) is 9.96. The number of nitrogens with two attached hydrogens (primary N) is 1. The first-order chi connectivity index (χ1) is 8.74. The zero-order valence-electron chi connectivity index (χ0n) is 9.96. The van der Waals surface area contributed by atoms with Crippen LogP contribution in [0, 0.1) is 0 Å². The van der Waals surface area contributed by atoms with Gasteiger partial charge in [-0.3, -0.25) is 9.67 Å². The van der Waals surface area contributed by atoms with Crippen molar-refractivity contribution >= 4 is 28.0 Å². The highest BCUT2D eigenvalue weighted by atomic mass is 15.3. The van der Waals surface area contributed by atoms with E-state index in [0.717, 1.165) is 22.3 Å². The second-order valence-electron chi connectivity index (χ2n) is 4.13. The molecule has 3 N–H and O–H groups in total. The number of aryl methyl sites for hydroxylation is 1. The number of fused-ring (bicyclic) bond motifs is 1. The Balaban J connectivity index is 2.09. The summed E-state index contributed by atoms with van der Waals surface area (Å²) >= 11 is 0. The molecule has 0 bridgehead atoms. The van der Waals surface area contributed by atoms with E-state index in [-0.39, 0.29) is 0 Å². The number of nitrogen functional groups attached to an aromatic ring is 1. The summed E-state index contributed by atoms with van der Waals surface area (Å²) in [6.45, 7) is 0. The molecule has 3 rings (SSSR count). The van der Waals surface area contributed by atoms with Crippen LogP contribution in [0.2, 0.25) is 0 Å². The second kappa shape index (κ2) is 4.03. The maximum Gasteiger partial charge on any atom is 0.0951 e. The van der Waals surface area contributed by atoms with E-state index in [4.69, 9.17) is 5.73 Å². The molecule has 0 spiro atoms. The van der Waals surface area contributed by atoms with Crippen LogP contribution >= 0.6 is 0 Å². The molecule has 0 radical (unpaired) electrons. The smallest absolute Gasteiger partial charge is 0.0951 e. The van der Waals surface area contributed by atoms with Crippen LogP contribution in [0.5, 0.6) is 0 Å². The van der Waals surface area contributed by atoms with Crippen LogP contribution in [0.4, 0.5) is 17.1 Å². The van der Waals surface area contributed by atoms with Gasteiger partial charge in [0.15, 0.2) is 0 Å². The predicted molar refractivity (Wildman–Crippen MR) is 72.6 cm³/mol. The van der Waals surface area contributed by atoms with Crippen molar-refractivity contribution in [1.29, 1.82) is 0 Å². The molecule has 90 valence electrons. The summed E-state index contributed by atoms with van der Waals surface area (Å²) in [5.41, 5.74) is 9.32. The molecular formula is C13H13N5. The summed E-state index contributed by atoms with van der Waals surface area (Å²) in [5, 5.41) is 8.44. The largest absolute Gasteiger partial charge is 0.397 e. The number of rotatable bonds is 2. The molecule has 0 fully saturated rings. The summed E-state index contributed by atoms with van der Waals surface area (Å²) in [5.74, 6) is 0. The number of nitrogens with one attached hydrogen (secondary N) is 1. The quantitative estimate of drug-likeness (QED) is 0.673. The second-order valence-corrected chi connectivity index (χ2v) is 4.13. The standard InChI is InChI=1S/C13H13N5/c1-18-8-9(7-16-18)17-12-5-6-15-13-10(12)3-2-4-11(13)14/h2-8H,14H2,1H3,(H,15,17). The average Bonchev–Trinajstić information content (AvgIpc) is 2.76. The molecule has 3 aromatic rings.